The summed E-state index contributed by atoms with van der Waals surface area (Å²) in [6.07, 6.45) is 1.45. The molecular formula is C24H11F5N2O2. The SMILES string of the molecule is Oc1ccc2ccccc2c1C=Nc1ccc2oc(-c3c(F)c(F)c(F)c(F)c3F)nc2c1. The number of hydrogen-bond acceptors (Lipinski definition) is 4. The molecule has 0 bridgehead atoms. The number of rotatable bonds is 3. The fraction of sp³-hybridized carbons (Fsp3) is 0. The number of nitrogens with zero attached hydrogens (tertiary/aromatic N) is 2. The lowest BCUT2D eigenvalue weighted by Crippen LogP contribution is -2.04. The predicted molar refractivity (Wildman–Crippen MR) is 112 cm³/mol. The smallest absolute Gasteiger partial charge is 0.233 e. The number of fused-ring (bicyclic) bond motifs is 2. The van der Waals surface area contributed by atoms with Gasteiger partial charge in [-0.1, -0.05) is 30.3 Å². The maximum Gasteiger partial charge on any atom is 0.233 e. The molecule has 4 aromatic carbocycles. The van der Waals surface area contributed by atoms with Gasteiger partial charge in [-0.3, -0.25) is 4.99 Å². The van der Waals surface area contributed by atoms with Crippen molar-refractivity contribution in [2.75, 3.05) is 0 Å². The third kappa shape index (κ3) is 3.38. The molecule has 0 atom stereocenters. The topological polar surface area (TPSA) is 58.6 Å². The molecule has 33 heavy (non-hydrogen) atoms. The van der Waals surface area contributed by atoms with Crippen LogP contribution in [-0.2, 0) is 0 Å². The van der Waals surface area contributed by atoms with E-state index in [-0.39, 0.29) is 16.8 Å². The van der Waals surface area contributed by atoms with Crippen LogP contribution in [0.2, 0.25) is 0 Å². The molecule has 0 fully saturated rings. The summed E-state index contributed by atoms with van der Waals surface area (Å²) in [5, 5.41) is 11.9. The van der Waals surface area contributed by atoms with E-state index in [2.05, 4.69) is 9.98 Å². The summed E-state index contributed by atoms with van der Waals surface area (Å²) >= 11 is 0. The lowest BCUT2D eigenvalue weighted by atomic mass is 10.0. The Balaban J connectivity index is 1.57. The third-order valence-electron chi connectivity index (χ3n) is 5.09. The Labute approximate surface area is 182 Å². The molecular weight excluding hydrogens is 443 g/mol. The summed E-state index contributed by atoms with van der Waals surface area (Å²) in [6.45, 7) is 0. The van der Waals surface area contributed by atoms with E-state index in [0.29, 0.717) is 11.3 Å². The van der Waals surface area contributed by atoms with Crippen molar-refractivity contribution in [3.63, 3.8) is 0 Å². The van der Waals surface area contributed by atoms with Crippen molar-refractivity contribution in [1.29, 1.82) is 0 Å². The first-order valence-corrected chi connectivity index (χ1v) is 9.52. The summed E-state index contributed by atoms with van der Waals surface area (Å²) in [5.41, 5.74) is -0.275. The molecule has 1 aromatic heterocycles. The number of phenolic OH excluding ortho intramolecular Hbond substituents is 1. The molecule has 5 aromatic rings. The second-order valence-electron chi connectivity index (χ2n) is 7.09. The van der Waals surface area contributed by atoms with Crippen LogP contribution >= 0.6 is 0 Å². The molecule has 9 heteroatoms. The van der Waals surface area contributed by atoms with E-state index in [1.54, 1.807) is 12.1 Å². The number of aromatic hydroxyl groups is 1. The van der Waals surface area contributed by atoms with Crippen LogP contribution in [0.3, 0.4) is 0 Å². The van der Waals surface area contributed by atoms with Crippen LogP contribution in [0, 0.1) is 29.1 Å². The van der Waals surface area contributed by atoms with E-state index in [4.69, 9.17) is 4.42 Å². The maximum absolute atomic E-state index is 14.1. The zero-order valence-electron chi connectivity index (χ0n) is 16.4. The van der Waals surface area contributed by atoms with Crippen LogP contribution in [0.15, 0.2) is 64.0 Å². The highest BCUT2D eigenvalue weighted by Gasteiger charge is 2.29. The normalized spacial score (nSPS) is 11.8. The molecule has 0 aliphatic carbocycles. The van der Waals surface area contributed by atoms with Crippen molar-refractivity contribution in [2.45, 2.75) is 0 Å². The quantitative estimate of drug-likeness (QED) is 0.141. The number of hydrogen-bond donors (Lipinski definition) is 1. The number of phenols is 1. The van der Waals surface area contributed by atoms with Crippen molar-refractivity contribution in [1.82, 2.24) is 4.98 Å². The Hall–Kier alpha value is -4.27. The van der Waals surface area contributed by atoms with E-state index in [9.17, 15) is 27.1 Å². The Morgan fingerprint density at radius 1 is 0.818 bits per heavy atom. The van der Waals surface area contributed by atoms with Crippen molar-refractivity contribution >= 4 is 33.8 Å². The summed E-state index contributed by atoms with van der Waals surface area (Å²) in [6, 6.07) is 15.0. The average Bonchev–Trinajstić information content (AvgIpc) is 3.23. The first kappa shape index (κ1) is 20.6. The zero-order chi connectivity index (χ0) is 23.3. The monoisotopic (exact) mass is 454 g/mol. The second kappa shape index (κ2) is 7.70. The zero-order valence-corrected chi connectivity index (χ0v) is 16.4. The molecule has 0 radical (unpaired) electrons. The maximum atomic E-state index is 14.1. The molecule has 1 heterocycles. The number of halogens is 5. The van der Waals surface area contributed by atoms with Crippen molar-refractivity contribution in [2.24, 2.45) is 4.99 Å². The number of aromatic nitrogens is 1. The van der Waals surface area contributed by atoms with Crippen LogP contribution in [-0.4, -0.2) is 16.3 Å². The lowest BCUT2D eigenvalue weighted by Gasteiger charge is -2.04. The highest BCUT2D eigenvalue weighted by atomic mass is 19.2. The van der Waals surface area contributed by atoms with Gasteiger partial charge in [0.05, 0.1) is 5.69 Å². The standard InChI is InChI=1S/C24H11F5N2O2/c25-19-18(20(26)22(28)23(29)21(19)27)24-31-15-9-12(6-8-17(15)33-24)30-10-14-13-4-2-1-3-11(13)5-7-16(14)32/h1-10,32H. The van der Waals surface area contributed by atoms with Crippen LogP contribution in [0.4, 0.5) is 27.6 Å². The van der Waals surface area contributed by atoms with Crippen molar-refractivity contribution in [3.8, 4) is 17.2 Å². The Kier molecular flexibility index (Phi) is 4.81. The molecule has 164 valence electrons. The van der Waals surface area contributed by atoms with Gasteiger partial charge in [0.1, 0.15) is 16.8 Å². The van der Waals surface area contributed by atoms with Crippen LogP contribution < -0.4 is 0 Å². The average molecular weight is 454 g/mol. The molecule has 0 amide bonds. The Bertz CT molecular complexity index is 1560. The highest BCUT2D eigenvalue weighted by Crippen LogP contribution is 2.34. The van der Waals surface area contributed by atoms with Gasteiger partial charge in [-0.15, -0.1) is 0 Å². The van der Waals surface area contributed by atoms with Gasteiger partial charge in [0.25, 0.3) is 0 Å². The second-order valence-corrected chi connectivity index (χ2v) is 7.09. The van der Waals surface area contributed by atoms with Gasteiger partial charge in [-0.2, -0.15) is 0 Å². The molecule has 5 rings (SSSR count). The Morgan fingerprint density at radius 2 is 1.52 bits per heavy atom. The van der Waals surface area contributed by atoms with Crippen molar-refractivity contribution < 1.29 is 31.5 Å². The molecule has 0 spiro atoms. The number of oxazole rings is 1. The first-order valence-electron chi connectivity index (χ1n) is 9.52. The van der Waals surface area contributed by atoms with Gasteiger partial charge in [0.2, 0.25) is 11.7 Å². The first-order chi connectivity index (χ1) is 15.8. The van der Waals surface area contributed by atoms with Gasteiger partial charge in [-0.25, -0.2) is 26.9 Å². The van der Waals surface area contributed by atoms with Gasteiger partial charge < -0.3 is 9.52 Å². The molecule has 0 saturated heterocycles. The van der Waals surface area contributed by atoms with Gasteiger partial charge in [0, 0.05) is 11.8 Å². The minimum Gasteiger partial charge on any atom is -0.507 e. The minimum absolute atomic E-state index is 0.0218. The number of benzene rings is 4. The summed E-state index contributed by atoms with van der Waals surface area (Å²) in [7, 11) is 0. The fourth-order valence-corrected chi connectivity index (χ4v) is 3.45. The summed E-state index contributed by atoms with van der Waals surface area (Å²) in [5.74, 6) is -11.3. The van der Waals surface area contributed by atoms with E-state index in [1.165, 1.54) is 24.4 Å². The summed E-state index contributed by atoms with van der Waals surface area (Å²) < 4.78 is 73.8. The van der Waals surface area contributed by atoms with E-state index >= 15 is 0 Å². The molecule has 1 N–H and O–H groups in total. The summed E-state index contributed by atoms with van der Waals surface area (Å²) in [4.78, 5) is 8.18. The van der Waals surface area contributed by atoms with Gasteiger partial charge >= 0.3 is 0 Å². The third-order valence-corrected chi connectivity index (χ3v) is 5.09. The minimum atomic E-state index is -2.27. The van der Waals surface area contributed by atoms with Crippen LogP contribution in [0.1, 0.15) is 5.56 Å². The molecule has 0 unspecified atom stereocenters. The highest BCUT2D eigenvalue weighted by molar-refractivity contribution is 6.03. The van der Waals surface area contributed by atoms with Crippen molar-refractivity contribution in [3.05, 3.63) is 89.2 Å². The van der Waals surface area contributed by atoms with Gasteiger partial charge in [-0.05, 0) is 35.0 Å². The molecule has 4 nitrogen and oxygen atoms in total. The molecule has 0 aliphatic rings. The van der Waals surface area contributed by atoms with Crippen LogP contribution in [0.25, 0.3) is 33.3 Å². The predicted octanol–water partition coefficient (Wildman–Crippen LogP) is 6.80. The molecule has 0 saturated carbocycles. The molecule has 0 aliphatic heterocycles. The lowest BCUT2D eigenvalue weighted by molar-refractivity contribution is 0.379. The van der Waals surface area contributed by atoms with Gasteiger partial charge in [0.15, 0.2) is 28.9 Å². The largest absolute Gasteiger partial charge is 0.507 e. The Morgan fingerprint density at radius 3 is 2.27 bits per heavy atom. The van der Waals surface area contributed by atoms with E-state index in [0.717, 1.165) is 10.8 Å². The van der Waals surface area contributed by atoms with E-state index in [1.807, 2.05) is 24.3 Å². The van der Waals surface area contributed by atoms with Crippen LogP contribution in [0.5, 0.6) is 5.75 Å². The number of aliphatic imine (C=N–C) groups is 1. The van der Waals surface area contributed by atoms with E-state index < -0.39 is 40.5 Å². The fourth-order valence-electron chi connectivity index (χ4n) is 3.45.